The van der Waals surface area contributed by atoms with Gasteiger partial charge in [-0.15, -0.1) is 0 Å². The molecule has 1 saturated carbocycles. The molecule has 2 atom stereocenters. The summed E-state index contributed by atoms with van der Waals surface area (Å²) in [6.45, 7) is 3.07. The first kappa shape index (κ1) is 16.3. The summed E-state index contributed by atoms with van der Waals surface area (Å²) >= 11 is 0. The molecule has 2 aliphatic rings. The molecule has 1 saturated heterocycles. The minimum atomic E-state index is 0.0767. The monoisotopic (exact) mass is 340 g/mol. The summed E-state index contributed by atoms with van der Waals surface area (Å²) in [5, 5.41) is 7.30. The molecule has 0 radical (unpaired) electrons. The van der Waals surface area contributed by atoms with E-state index in [2.05, 4.69) is 32.5 Å². The van der Waals surface area contributed by atoms with E-state index in [0.29, 0.717) is 24.2 Å². The molecule has 2 heterocycles. The standard InChI is InChI=1S/C19H24N4O2/c1-13-20-19(22-25-13)16-8-5-11-23(16)12-17(24)21-18(15-9-10-15)14-6-3-2-4-7-14/h2-4,6-7,15-16,18H,5,8-12H2,1H3,(H,21,24)/t16-,18+/m1/s1. The van der Waals surface area contributed by atoms with Crippen LogP contribution in [0.2, 0.25) is 0 Å². The van der Waals surface area contributed by atoms with E-state index >= 15 is 0 Å². The third kappa shape index (κ3) is 3.74. The van der Waals surface area contributed by atoms with Crippen LogP contribution in [0.1, 0.15) is 55.0 Å². The Balaban J connectivity index is 1.41. The number of hydrogen-bond donors (Lipinski definition) is 1. The number of carbonyl (C=O) groups is 1. The number of rotatable bonds is 6. The quantitative estimate of drug-likeness (QED) is 0.875. The Kier molecular flexibility index (Phi) is 4.53. The summed E-state index contributed by atoms with van der Waals surface area (Å²) in [7, 11) is 0. The highest BCUT2D eigenvalue weighted by molar-refractivity contribution is 5.78. The summed E-state index contributed by atoms with van der Waals surface area (Å²) in [6.07, 6.45) is 4.40. The number of aromatic nitrogens is 2. The van der Waals surface area contributed by atoms with Crippen LogP contribution in [0, 0.1) is 12.8 Å². The minimum absolute atomic E-state index is 0.0767. The van der Waals surface area contributed by atoms with E-state index in [1.807, 2.05) is 18.2 Å². The van der Waals surface area contributed by atoms with Crippen LogP contribution >= 0.6 is 0 Å². The van der Waals surface area contributed by atoms with Gasteiger partial charge in [0.25, 0.3) is 0 Å². The first-order valence-corrected chi connectivity index (χ1v) is 9.09. The molecule has 0 bridgehead atoms. The number of likely N-dealkylation sites (tertiary alicyclic amines) is 1. The molecule has 2 aromatic rings. The van der Waals surface area contributed by atoms with Gasteiger partial charge >= 0.3 is 0 Å². The molecule has 0 unspecified atom stereocenters. The average Bonchev–Trinajstić information content (AvgIpc) is 3.21. The van der Waals surface area contributed by atoms with E-state index in [9.17, 15) is 4.79 Å². The van der Waals surface area contributed by atoms with Gasteiger partial charge in [0.1, 0.15) is 0 Å². The molecule has 1 aromatic carbocycles. The fourth-order valence-electron chi connectivity index (χ4n) is 3.72. The zero-order valence-electron chi connectivity index (χ0n) is 14.5. The fraction of sp³-hybridized carbons (Fsp3) is 0.526. The Morgan fingerprint density at radius 3 is 2.80 bits per heavy atom. The van der Waals surface area contributed by atoms with Crippen molar-refractivity contribution in [1.82, 2.24) is 20.4 Å². The first-order chi connectivity index (χ1) is 12.2. The summed E-state index contributed by atoms with van der Waals surface area (Å²) in [6, 6.07) is 10.5. The van der Waals surface area contributed by atoms with Gasteiger partial charge in [0.05, 0.1) is 18.6 Å². The van der Waals surface area contributed by atoms with Crippen LogP contribution < -0.4 is 5.32 Å². The number of carbonyl (C=O) groups excluding carboxylic acids is 1. The van der Waals surface area contributed by atoms with Gasteiger partial charge in [-0.05, 0) is 43.7 Å². The summed E-state index contributed by atoms with van der Waals surface area (Å²) in [5.41, 5.74) is 1.20. The minimum Gasteiger partial charge on any atom is -0.348 e. The lowest BCUT2D eigenvalue weighted by Gasteiger charge is -2.24. The molecule has 1 amide bonds. The molecule has 25 heavy (non-hydrogen) atoms. The van der Waals surface area contributed by atoms with Gasteiger partial charge in [-0.1, -0.05) is 35.5 Å². The largest absolute Gasteiger partial charge is 0.348 e. The van der Waals surface area contributed by atoms with Gasteiger partial charge in [0, 0.05) is 6.92 Å². The second kappa shape index (κ2) is 6.96. The highest BCUT2D eigenvalue weighted by Gasteiger charge is 2.35. The zero-order valence-corrected chi connectivity index (χ0v) is 14.5. The van der Waals surface area contributed by atoms with Crippen LogP contribution in [0.25, 0.3) is 0 Å². The summed E-state index contributed by atoms with van der Waals surface area (Å²) in [4.78, 5) is 19.2. The van der Waals surface area contributed by atoms with Crippen molar-refractivity contribution in [3.8, 4) is 0 Å². The highest BCUT2D eigenvalue weighted by atomic mass is 16.5. The molecule has 6 heteroatoms. The fourth-order valence-corrected chi connectivity index (χ4v) is 3.72. The van der Waals surface area contributed by atoms with E-state index in [1.54, 1.807) is 6.92 Å². The Morgan fingerprint density at radius 2 is 2.12 bits per heavy atom. The molecule has 1 aliphatic heterocycles. The van der Waals surface area contributed by atoms with Gasteiger partial charge in [-0.25, -0.2) is 0 Å². The lowest BCUT2D eigenvalue weighted by atomic mass is 10.0. The third-order valence-corrected chi connectivity index (χ3v) is 5.12. The molecule has 1 aliphatic carbocycles. The number of nitrogens with zero attached hydrogens (tertiary/aromatic N) is 3. The number of amides is 1. The predicted octanol–water partition coefficient (Wildman–Crippen LogP) is 2.78. The van der Waals surface area contributed by atoms with Crippen LogP contribution in [0.4, 0.5) is 0 Å². The van der Waals surface area contributed by atoms with Crippen molar-refractivity contribution in [3.05, 3.63) is 47.6 Å². The van der Waals surface area contributed by atoms with Crippen LogP contribution in [0.5, 0.6) is 0 Å². The molecule has 1 aromatic heterocycles. The molecule has 0 spiro atoms. The van der Waals surface area contributed by atoms with Gasteiger partial charge in [-0.2, -0.15) is 4.98 Å². The van der Waals surface area contributed by atoms with E-state index in [0.717, 1.165) is 19.4 Å². The third-order valence-electron chi connectivity index (χ3n) is 5.12. The van der Waals surface area contributed by atoms with E-state index < -0.39 is 0 Å². The number of aryl methyl sites for hydroxylation is 1. The van der Waals surface area contributed by atoms with Crippen molar-refractivity contribution in [3.63, 3.8) is 0 Å². The second-order valence-electron chi connectivity index (χ2n) is 7.09. The van der Waals surface area contributed by atoms with Crippen molar-refractivity contribution in [1.29, 1.82) is 0 Å². The van der Waals surface area contributed by atoms with Gasteiger partial charge in [0.15, 0.2) is 5.82 Å². The second-order valence-corrected chi connectivity index (χ2v) is 7.09. The smallest absolute Gasteiger partial charge is 0.234 e. The first-order valence-electron chi connectivity index (χ1n) is 9.09. The lowest BCUT2D eigenvalue weighted by molar-refractivity contribution is -0.123. The maximum atomic E-state index is 12.7. The summed E-state index contributed by atoms with van der Waals surface area (Å²) in [5.74, 6) is 1.92. The van der Waals surface area contributed by atoms with E-state index in [1.165, 1.54) is 18.4 Å². The van der Waals surface area contributed by atoms with Crippen molar-refractivity contribution in [2.75, 3.05) is 13.1 Å². The SMILES string of the molecule is Cc1nc([C@H]2CCCN2CC(=O)N[C@@H](c2ccccc2)C2CC2)no1. The lowest BCUT2D eigenvalue weighted by Crippen LogP contribution is -2.39. The van der Waals surface area contributed by atoms with Crippen LogP contribution in [0.15, 0.2) is 34.9 Å². The van der Waals surface area contributed by atoms with Gasteiger partial charge in [0.2, 0.25) is 11.8 Å². The number of nitrogens with one attached hydrogen (secondary N) is 1. The van der Waals surface area contributed by atoms with Crippen LogP contribution in [-0.4, -0.2) is 34.0 Å². The maximum Gasteiger partial charge on any atom is 0.234 e. The highest BCUT2D eigenvalue weighted by Crippen LogP contribution is 2.41. The zero-order chi connectivity index (χ0) is 17.2. The molecule has 1 N–H and O–H groups in total. The van der Waals surface area contributed by atoms with Gasteiger partial charge in [-0.3, -0.25) is 9.69 Å². The van der Waals surface area contributed by atoms with Crippen molar-refractivity contribution < 1.29 is 9.32 Å². The summed E-state index contributed by atoms with van der Waals surface area (Å²) < 4.78 is 5.10. The Bertz CT molecular complexity index is 726. The maximum absolute atomic E-state index is 12.7. The van der Waals surface area contributed by atoms with Crippen LogP contribution in [-0.2, 0) is 4.79 Å². The molecule has 4 rings (SSSR count). The molecular weight excluding hydrogens is 316 g/mol. The molecular formula is C19H24N4O2. The number of hydrogen-bond acceptors (Lipinski definition) is 5. The van der Waals surface area contributed by atoms with Crippen LogP contribution in [0.3, 0.4) is 0 Å². The number of benzene rings is 1. The average molecular weight is 340 g/mol. The topological polar surface area (TPSA) is 71.3 Å². The molecule has 6 nitrogen and oxygen atoms in total. The van der Waals surface area contributed by atoms with Crippen molar-refractivity contribution in [2.24, 2.45) is 5.92 Å². The van der Waals surface area contributed by atoms with Crippen molar-refractivity contribution >= 4 is 5.91 Å². The van der Waals surface area contributed by atoms with E-state index in [4.69, 9.17) is 4.52 Å². The predicted molar refractivity (Wildman–Crippen MR) is 92.6 cm³/mol. The Morgan fingerprint density at radius 1 is 1.32 bits per heavy atom. The molecule has 2 fully saturated rings. The van der Waals surface area contributed by atoms with Crippen molar-refractivity contribution in [2.45, 2.75) is 44.7 Å². The van der Waals surface area contributed by atoms with Gasteiger partial charge < -0.3 is 9.84 Å². The Labute approximate surface area is 147 Å². The Hall–Kier alpha value is -2.21. The van der Waals surface area contributed by atoms with E-state index in [-0.39, 0.29) is 18.0 Å². The normalized spacial score (nSPS) is 22.0. The molecule has 132 valence electrons.